The minimum atomic E-state index is -0.0591. The largest absolute Gasteiger partial charge is 0.496 e. The second-order valence-corrected chi connectivity index (χ2v) is 2.95. The van der Waals surface area contributed by atoms with Gasteiger partial charge in [0.25, 0.3) is 0 Å². The lowest BCUT2D eigenvalue weighted by Crippen LogP contribution is -2.07. The Balaban J connectivity index is 3.05. The number of methoxy groups -OCH3 is 1. The summed E-state index contributed by atoms with van der Waals surface area (Å²) >= 11 is 0. The molecule has 0 aromatic heterocycles. The standard InChI is InChI=1S/C11H15NO3/c1-3-15-11(12)9-6-8(7-13)4-5-10(9)14-2/h4-6,12-13H,3,7H2,1-2H3. The van der Waals surface area contributed by atoms with Crippen LogP contribution in [-0.2, 0) is 11.3 Å². The summed E-state index contributed by atoms with van der Waals surface area (Å²) in [7, 11) is 1.54. The SMILES string of the molecule is CCOC(=N)c1cc(CO)ccc1OC. The van der Waals surface area contributed by atoms with Crippen molar-refractivity contribution in [2.75, 3.05) is 13.7 Å². The molecular formula is C11H15NO3. The van der Waals surface area contributed by atoms with Crippen LogP contribution < -0.4 is 4.74 Å². The van der Waals surface area contributed by atoms with Crippen molar-refractivity contribution in [1.29, 1.82) is 5.41 Å². The number of aliphatic hydroxyl groups excluding tert-OH is 1. The minimum absolute atomic E-state index is 0.0591. The second kappa shape index (κ2) is 5.36. The summed E-state index contributed by atoms with van der Waals surface area (Å²) in [5, 5.41) is 16.6. The van der Waals surface area contributed by atoms with Crippen LogP contribution in [0.5, 0.6) is 5.75 Å². The van der Waals surface area contributed by atoms with Crippen LogP contribution in [0, 0.1) is 5.41 Å². The molecule has 82 valence electrons. The first-order chi connectivity index (χ1) is 7.22. The summed E-state index contributed by atoms with van der Waals surface area (Å²) in [5.41, 5.74) is 1.29. The van der Waals surface area contributed by atoms with Gasteiger partial charge in [0.15, 0.2) is 0 Å². The molecule has 0 aliphatic rings. The van der Waals surface area contributed by atoms with E-state index in [0.717, 1.165) is 5.56 Å². The lowest BCUT2D eigenvalue weighted by atomic mass is 10.1. The predicted octanol–water partition coefficient (Wildman–Crippen LogP) is 1.55. The van der Waals surface area contributed by atoms with Crippen LogP contribution in [0.15, 0.2) is 18.2 Å². The van der Waals surface area contributed by atoms with E-state index >= 15 is 0 Å². The van der Waals surface area contributed by atoms with Crippen LogP contribution in [0.2, 0.25) is 0 Å². The minimum Gasteiger partial charge on any atom is -0.496 e. The van der Waals surface area contributed by atoms with E-state index in [-0.39, 0.29) is 12.5 Å². The molecule has 0 radical (unpaired) electrons. The highest BCUT2D eigenvalue weighted by atomic mass is 16.5. The van der Waals surface area contributed by atoms with Gasteiger partial charge in [0.1, 0.15) is 5.75 Å². The van der Waals surface area contributed by atoms with E-state index in [1.165, 1.54) is 7.11 Å². The molecule has 0 amide bonds. The Morgan fingerprint density at radius 1 is 1.47 bits per heavy atom. The van der Waals surface area contributed by atoms with Crippen LogP contribution in [0.1, 0.15) is 18.1 Å². The Bertz CT molecular complexity index is 350. The summed E-state index contributed by atoms with van der Waals surface area (Å²) in [6, 6.07) is 5.16. The fourth-order valence-electron chi connectivity index (χ4n) is 1.25. The molecular weight excluding hydrogens is 194 g/mol. The van der Waals surface area contributed by atoms with Gasteiger partial charge in [-0.3, -0.25) is 5.41 Å². The third-order valence-corrected chi connectivity index (χ3v) is 1.98. The highest BCUT2D eigenvalue weighted by Gasteiger charge is 2.10. The molecule has 0 atom stereocenters. The number of rotatable bonds is 4. The van der Waals surface area contributed by atoms with Crippen molar-refractivity contribution in [1.82, 2.24) is 0 Å². The molecule has 0 bridgehead atoms. The molecule has 0 fully saturated rings. The summed E-state index contributed by atoms with van der Waals surface area (Å²) in [6.07, 6.45) is 0. The van der Waals surface area contributed by atoms with E-state index in [1.54, 1.807) is 18.2 Å². The van der Waals surface area contributed by atoms with Gasteiger partial charge in [-0.05, 0) is 24.6 Å². The van der Waals surface area contributed by atoms with Crippen LogP contribution in [0.4, 0.5) is 0 Å². The quantitative estimate of drug-likeness (QED) is 0.584. The third-order valence-electron chi connectivity index (χ3n) is 1.98. The molecule has 0 heterocycles. The maximum atomic E-state index is 8.99. The molecule has 1 aromatic rings. The Kier molecular flexibility index (Phi) is 4.12. The van der Waals surface area contributed by atoms with Crippen molar-refractivity contribution in [3.63, 3.8) is 0 Å². The zero-order valence-corrected chi connectivity index (χ0v) is 8.91. The van der Waals surface area contributed by atoms with E-state index in [9.17, 15) is 0 Å². The summed E-state index contributed by atoms with van der Waals surface area (Å²) in [4.78, 5) is 0. The molecule has 0 aliphatic carbocycles. The molecule has 0 aliphatic heterocycles. The number of benzene rings is 1. The molecule has 4 nitrogen and oxygen atoms in total. The summed E-state index contributed by atoms with van der Waals surface area (Å²) < 4.78 is 10.2. The van der Waals surface area contributed by atoms with Crippen molar-refractivity contribution in [3.05, 3.63) is 29.3 Å². The number of aliphatic hydroxyl groups is 1. The van der Waals surface area contributed by atoms with Crippen molar-refractivity contribution in [2.45, 2.75) is 13.5 Å². The van der Waals surface area contributed by atoms with Gasteiger partial charge in [-0.1, -0.05) is 6.07 Å². The van der Waals surface area contributed by atoms with Gasteiger partial charge in [-0.2, -0.15) is 0 Å². The zero-order chi connectivity index (χ0) is 11.3. The van der Waals surface area contributed by atoms with E-state index < -0.39 is 0 Å². The average molecular weight is 209 g/mol. The molecule has 1 aromatic carbocycles. The Labute approximate surface area is 89.0 Å². The zero-order valence-electron chi connectivity index (χ0n) is 8.91. The fourth-order valence-corrected chi connectivity index (χ4v) is 1.25. The first-order valence-corrected chi connectivity index (χ1v) is 4.72. The third kappa shape index (κ3) is 2.70. The average Bonchev–Trinajstić information content (AvgIpc) is 2.28. The van der Waals surface area contributed by atoms with Gasteiger partial charge in [-0.25, -0.2) is 0 Å². The molecule has 0 unspecified atom stereocenters. The maximum absolute atomic E-state index is 8.99. The molecule has 0 saturated heterocycles. The van der Waals surface area contributed by atoms with E-state index in [0.29, 0.717) is 17.9 Å². The lowest BCUT2D eigenvalue weighted by Gasteiger charge is -2.10. The number of ether oxygens (including phenoxy) is 2. The summed E-state index contributed by atoms with van der Waals surface area (Å²) in [6.45, 7) is 2.19. The van der Waals surface area contributed by atoms with Gasteiger partial charge in [-0.15, -0.1) is 0 Å². The molecule has 0 spiro atoms. The molecule has 1 rings (SSSR count). The number of hydrogen-bond acceptors (Lipinski definition) is 4. The van der Waals surface area contributed by atoms with Gasteiger partial charge in [0.05, 0.1) is 25.9 Å². The molecule has 4 heteroatoms. The normalized spacial score (nSPS) is 9.80. The second-order valence-electron chi connectivity index (χ2n) is 2.95. The maximum Gasteiger partial charge on any atom is 0.217 e. The highest BCUT2D eigenvalue weighted by Crippen LogP contribution is 2.20. The van der Waals surface area contributed by atoms with Crippen molar-refractivity contribution in [3.8, 4) is 5.75 Å². The van der Waals surface area contributed by atoms with Crippen molar-refractivity contribution >= 4 is 5.90 Å². The van der Waals surface area contributed by atoms with E-state index in [1.807, 2.05) is 6.92 Å². The number of hydrogen-bond donors (Lipinski definition) is 2. The van der Waals surface area contributed by atoms with Crippen molar-refractivity contribution in [2.24, 2.45) is 0 Å². The van der Waals surface area contributed by atoms with E-state index in [4.69, 9.17) is 20.0 Å². The smallest absolute Gasteiger partial charge is 0.217 e. The Hall–Kier alpha value is -1.55. The fraction of sp³-hybridized carbons (Fsp3) is 0.364. The first kappa shape index (κ1) is 11.5. The Morgan fingerprint density at radius 3 is 2.73 bits per heavy atom. The van der Waals surface area contributed by atoms with Crippen molar-refractivity contribution < 1.29 is 14.6 Å². The van der Waals surface area contributed by atoms with Gasteiger partial charge >= 0.3 is 0 Å². The Morgan fingerprint density at radius 2 is 2.20 bits per heavy atom. The van der Waals surface area contributed by atoms with Gasteiger partial charge in [0, 0.05) is 0 Å². The lowest BCUT2D eigenvalue weighted by molar-refractivity contribution is 0.281. The van der Waals surface area contributed by atoms with Crippen LogP contribution in [0.3, 0.4) is 0 Å². The molecule has 2 N–H and O–H groups in total. The van der Waals surface area contributed by atoms with Crippen LogP contribution in [-0.4, -0.2) is 24.7 Å². The monoisotopic (exact) mass is 209 g/mol. The molecule has 15 heavy (non-hydrogen) atoms. The van der Waals surface area contributed by atoms with Gasteiger partial charge in [0.2, 0.25) is 5.90 Å². The number of nitrogens with one attached hydrogen (secondary N) is 1. The van der Waals surface area contributed by atoms with Gasteiger partial charge < -0.3 is 14.6 Å². The first-order valence-electron chi connectivity index (χ1n) is 4.72. The molecule has 0 saturated carbocycles. The topological polar surface area (TPSA) is 62.5 Å². The summed E-state index contributed by atoms with van der Waals surface area (Å²) in [5.74, 6) is 0.635. The highest BCUT2D eigenvalue weighted by molar-refractivity contribution is 5.94. The predicted molar refractivity (Wildman–Crippen MR) is 57.4 cm³/mol. The van der Waals surface area contributed by atoms with Crippen LogP contribution >= 0.6 is 0 Å². The van der Waals surface area contributed by atoms with E-state index in [2.05, 4.69) is 0 Å². The van der Waals surface area contributed by atoms with Crippen LogP contribution in [0.25, 0.3) is 0 Å².